The maximum atomic E-state index is 12.2. The minimum atomic E-state index is -0.0578. The van der Waals surface area contributed by atoms with Gasteiger partial charge in [-0.1, -0.05) is 38.1 Å². The molecule has 1 aromatic carbocycles. The van der Waals surface area contributed by atoms with E-state index in [0.717, 1.165) is 5.56 Å². The van der Waals surface area contributed by atoms with E-state index < -0.39 is 0 Å². The highest BCUT2D eigenvalue weighted by Gasteiger charge is 2.09. The smallest absolute Gasteiger partial charge is 0.237 e. The van der Waals surface area contributed by atoms with Gasteiger partial charge >= 0.3 is 0 Å². The van der Waals surface area contributed by atoms with Gasteiger partial charge in [0, 0.05) is 19.7 Å². The Hall–Kier alpha value is -2.40. The molecule has 1 aromatic heterocycles. The molecule has 0 atom stereocenters. The van der Waals surface area contributed by atoms with Crippen LogP contribution < -0.4 is 10.1 Å². The third kappa shape index (κ3) is 6.19. The van der Waals surface area contributed by atoms with Gasteiger partial charge in [0.2, 0.25) is 11.8 Å². The number of aromatic nitrogens is 1. The van der Waals surface area contributed by atoms with Crippen LogP contribution >= 0.6 is 0 Å². The summed E-state index contributed by atoms with van der Waals surface area (Å²) < 4.78 is 10.5. The lowest BCUT2D eigenvalue weighted by atomic mass is 10.0. The minimum absolute atomic E-state index is 0.0578. The predicted octanol–water partition coefficient (Wildman–Crippen LogP) is 3.80. The number of rotatable bonds is 9. The van der Waals surface area contributed by atoms with E-state index in [9.17, 15) is 4.79 Å². The molecule has 0 bridgehead atoms. The summed E-state index contributed by atoms with van der Waals surface area (Å²) in [5, 5.41) is 2.87. The number of hydrogen-bond acceptors (Lipinski definition) is 4. The van der Waals surface area contributed by atoms with Crippen molar-refractivity contribution in [3.63, 3.8) is 0 Å². The Morgan fingerprint density at radius 1 is 1.16 bits per heavy atom. The number of carbonyl (C=O) groups is 1. The van der Waals surface area contributed by atoms with Gasteiger partial charge in [0.05, 0.1) is 6.61 Å². The molecule has 0 aliphatic rings. The monoisotopic (exact) mass is 342 g/mol. The molecule has 0 aliphatic carbocycles. The van der Waals surface area contributed by atoms with Crippen molar-refractivity contribution in [2.75, 3.05) is 25.6 Å². The van der Waals surface area contributed by atoms with E-state index in [2.05, 4.69) is 48.4 Å². The van der Waals surface area contributed by atoms with E-state index in [4.69, 9.17) is 9.47 Å². The zero-order chi connectivity index (χ0) is 18.1. The third-order valence-corrected chi connectivity index (χ3v) is 3.86. The Morgan fingerprint density at radius 3 is 2.60 bits per heavy atom. The Labute approximate surface area is 149 Å². The molecule has 134 valence electrons. The highest BCUT2D eigenvalue weighted by atomic mass is 16.5. The fourth-order valence-electron chi connectivity index (χ4n) is 2.36. The van der Waals surface area contributed by atoms with E-state index >= 15 is 0 Å². The Balaban J connectivity index is 1.87. The zero-order valence-corrected chi connectivity index (χ0v) is 15.1. The zero-order valence-electron chi connectivity index (χ0n) is 15.1. The second-order valence-corrected chi connectivity index (χ2v) is 6.14. The van der Waals surface area contributed by atoms with Crippen molar-refractivity contribution in [2.45, 2.75) is 32.6 Å². The van der Waals surface area contributed by atoms with Crippen molar-refractivity contribution in [1.29, 1.82) is 0 Å². The lowest BCUT2D eigenvalue weighted by molar-refractivity contribution is -0.116. The van der Waals surface area contributed by atoms with Crippen LogP contribution in [0.15, 0.2) is 42.6 Å². The molecule has 5 nitrogen and oxygen atoms in total. The maximum absolute atomic E-state index is 12.2. The first-order valence-corrected chi connectivity index (χ1v) is 8.55. The van der Waals surface area contributed by atoms with Crippen LogP contribution in [-0.2, 0) is 16.0 Å². The predicted molar refractivity (Wildman–Crippen MR) is 99.1 cm³/mol. The van der Waals surface area contributed by atoms with Crippen molar-refractivity contribution < 1.29 is 14.3 Å². The van der Waals surface area contributed by atoms with Crippen molar-refractivity contribution in [3.05, 3.63) is 53.7 Å². The van der Waals surface area contributed by atoms with Gasteiger partial charge in [-0.25, -0.2) is 4.98 Å². The molecule has 0 aliphatic heterocycles. The van der Waals surface area contributed by atoms with Crippen molar-refractivity contribution in [1.82, 2.24) is 4.98 Å². The van der Waals surface area contributed by atoms with Crippen molar-refractivity contribution >= 4 is 11.6 Å². The molecule has 0 unspecified atom stereocenters. The van der Waals surface area contributed by atoms with Crippen LogP contribution in [0.1, 0.15) is 37.3 Å². The highest BCUT2D eigenvalue weighted by molar-refractivity contribution is 5.91. The van der Waals surface area contributed by atoms with Gasteiger partial charge in [0.25, 0.3) is 0 Å². The van der Waals surface area contributed by atoms with Crippen molar-refractivity contribution in [3.8, 4) is 5.88 Å². The summed E-state index contributed by atoms with van der Waals surface area (Å²) in [7, 11) is 1.61. The number of nitrogens with zero attached hydrogens (tertiary/aromatic N) is 1. The minimum Gasteiger partial charge on any atom is -0.474 e. The number of hydrogen-bond donors (Lipinski definition) is 1. The molecule has 1 heterocycles. The van der Waals surface area contributed by atoms with E-state index in [1.807, 2.05) is 0 Å². The molecule has 0 saturated heterocycles. The van der Waals surface area contributed by atoms with Gasteiger partial charge in [-0.05, 0) is 35.6 Å². The number of aryl methyl sites for hydroxylation is 1. The number of nitrogens with one attached hydrogen (secondary N) is 1. The number of ether oxygens (including phenoxy) is 2. The first-order chi connectivity index (χ1) is 12.1. The summed E-state index contributed by atoms with van der Waals surface area (Å²) in [5.74, 6) is 0.867. The number of anilines is 1. The number of methoxy groups -OCH3 is 1. The molecule has 1 amide bonds. The largest absolute Gasteiger partial charge is 0.474 e. The average Bonchev–Trinajstić information content (AvgIpc) is 2.62. The lowest BCUT2D eigenvalue weighted by Gasteiger charge is -2.11. The molecule has 25 heavy (non-hydrogen) atoms. The molecule has 2 rings (SSSR count). The van der Waals surface area contributed by atoms with Crippen LogP contribution in [0.25, 0.3) is 0 Å². The topological polar surface area (TPSA) is 60.5 Å². The standard InChI is InChI=1S/C20H26N2O3/c1-15(2)17-9-6-16(7-10-17)8-11-19(23)22-18-5-4-12-21-20(18)25-14-13-24-3/h4-7,9-10,12,15H,8,11,13-14H2,1-3H3,(H,22,23). The third-order valence-electron chi connectivity index (χ3n) is 3.86. The SMILES string of the molecule is COCCOc1ncccc1NC(=O)CCc1ccc(C(C)C)cc1. The molecule has 0 saturated carbocycles. The number of carbonyl (C=O) groups excluding carboxylic acids is 1. The summed E-state index contributed by atoms with van der Waals surface area (Å²) in [6.07, 6.45) is 2.74. The molecular weight excluding hydrogens is 316 g/mol. The molecule has 0 radical (unpaired) electrons. The number of benzene rings is 1. The summed E-state index contributed by atoms with van der Waals surface area (Å²) in [5.41, 5.74) is 3.04. The van der Waals surface area contributed by atoms with Crippen LogP contribution in [0, 0.1) is 0 Å². The first kappa shape index (κ1) is 18.9. The van der Waals surface area contributed by atoms with E-state index in [1.54, 1.807) is 25.4 Å². The fourth-order valence-corrected chi connectivity index (χ4v) is 2.36. The highest BCUT2D eigenvalue weighted by Crippen LogP contribution is 2.21. The number of pyridine rings is 1. The van der Waals surface area contributed by atoms with Gasteiger partial charge in [-0.3, -0.25) is 4.79 Å². The Kier molecular flexibility index (Phi) is 7.41. The molecule has 1 N–H and O–H groups in total. The molecule has 0 spiro atoms. The van der Waals surface area contributed by atoms with E-state index in [-0.39, 0.29) is 5.91 Å². The summed E-state index contributed by atoms with van der Waals surface area (Å²) >= 11 is 0. The maximum Gasteiger partial charge on any atom is 0.237 e. The summed E-state index contributed by atoms with van der Waals surface area (Å²) in [6.45, 7) is 5.19. The lowest BCUT2D eigenvalue weighted by Crippen LogP contribution is -2.14. The van der Waals surface area contributed by atoms with Gasteiger partial charge in [0.15, 0.2) is 0 Å². The van der Waals surface area contributed by atoms with Crippen LogP contribution in [0.2, 0.25) is 0 Å². The second-order valence-electron chi connectivity index (χ2n) is 6.14. The van der Waals surface area contributed by atoms with Gasteiger partial charge < -0.3 is 14.8 Å². The fraction of sp³-hybridized carbons (Fsp3) is 0.400. The average molecular weight is 342 g/mol. The first-order valence-electron chi connectivity index (χ1n) is 8.55. The quantitative estimate of drug-likeness (QED) is 0.704. The normalized spacial score (nSPS) is 10.7. The van der Waals surface area contributed by atoms with E-state index in [0.29, 0.717) is 43.5 Å². The van der Waals surface area contributed by atoms with E-state index in [1.165, 1.54) is 5.56 Å². The Morgan fingerprint density at radius 2 is 1.92 bits per heavy atom. The molecule has 0 fully saturated rings. The molecular formula is C20H26N2O3. The summed E-state index contributed by atoms with van der Waals surface area (Å²) in [4.78, 5) is 16.4. The van der Waals surface area contributed by atoms with Crippen LogP contribution in [0.5, 0.6) is 5.88 Å². The Bertz CT molecular complexity index is 669. The van der Waals surface area contributed by atoms with Gasteiger partial charge in [0.1, 0.15) is 12.3 Å². The summed E-state index contributed by atoms with van der Waals surface area (Å²) in [6, 6.07) is 12.0. The van der Waals surface area contributed by atoms with Gasteiger partial charge in [-0.2, -0.15) is 0 Å². The van der Waals surface area contributed by atoms with Crippen LogP contribution in [0.4, 0.5) is 5.69 Å². The van der Waals surface area contributed by atoms with Gasteiger partial charge in [-0.15, -0.1) is 0 Å². The van der Waals surface area contributed by atoms with Crippen LogP contribution in [0.3, 0.4) is 0 Å². The molecule has 2 aromatic rings. The number of amides is 1. The molecule has 5 heteroatoms. The second kappa shape index (κ2) is 9.79. The van der Waals surface area contributed by atoms with Crippen molar-refractivity contribution in [2.24, 2.45) is 0 Å². The van der Waals surface area contributed by atoms with Crippen LogP contribution in [-0.4, -0.2) is 31.2 Å².